The number of pyridine rings is 1. The SMILES string of the molecule is Cc1cc(NC(=O)c2cccc(F)c2F)cnc1Cl. The summed E-state index contributed by atoms with van der Waals surface area (Å²) in [7, 11) is 0. The molecule has 0 aliphatic heterocycles. The van der Waals surface area contributed by atoms with Crippen LogP contribution < -0.4 is 5.32 Å². The molecule has 1 N–H and O–H groups in total. The maximum absolute atomic E-state index is 13.4. The fourth-order valence-corrected chi connectivity index (χ4v) is 1.61. The standard InChI is InChI=1S/C13H9ClF2N2O/c1-7-5-8(6-17-12(7)14)18-13(19)9-3-2-4-10(15)11(9)16/h2-6H,1H3,(H,18,19). The van der Waals surface area contributed by atoms with Crippen molar-refractivity contribution >= 4 is 23.2 Å². The summed E-state index contributed by atoms with van der Waals surface area (Å²) in [6.45, 7) is 1.72. The van der Waals surface area contributed by atoms with Crippen molar-refractivity contribution in [2.75, 3.05) is 5.32 Å². The van der Waals surface area contributed by atoms with E-state index in [4.69, 9.17) is 11.6 Å². The number of aryl methyl sites for hydroxylation is 1. The van der Waals surface area contributed by atoms with Gasteiger partial charge in [-0.15, -0.1) is 0 Å². The van der Waals surface area contributed by atoms with Crippen molar-refractivity contribution in [2.24, 2.45) is 0 Å². The first-order valence-electron chi connectivity index (χ1n) is 5.36. The van der Waals surface area contributed by atoms with E-state index in [2.05, 4.69) is 10.3 Å². The number of anilines is 1. The minimum absolute atomic E-state index is 0.315. The fourth-order valence-electron chi connectivity index (χ4n) is 1.50. The van der Waals surface area contributed by atoms with Crippen LogP contribution in [0.1, 0.15) is 15.9 Å². The van der Waals surface area contributed by atoms with Gasteiger partial charge in [0.25, 0.3) is 5.91 Å². The Kier molecular flexibility index (Phi) is 3.76. The first-order valence-corrected chi connectivity index (χ1v) is 5.74. The first kappa shape index (κ1) is 13.4. The molecule has 1 aromatic carbocycles. The molecule has 2 aromatic rings. The Bertz CT molecular complexity index is 647. The molecule has 6 heteroatoms. The smallest absolute Gasteiger partial charge is 0.258 e. The highest BCUT2D eigenvalue weighted by Crippen LogP contribution is 2.18. The summed E-state index contributed by atoms with van der Waals surface area (Å²) < 4.78 is 26.4. The van der Waals surface area contributed by atoms with Crippen molar-refractivity contribution in [3.63, 3.8) is 0 Å². The molecule has 1 heterocycles. The van der Waals surface area contributed by atoms with Crippen molar-refractivity contribution in [1.82, 2.24) is 4.98 Å². The molecule has 98 valence electrons. The number of carbonyl (C=O) groups excluding carboxylic acids is 1. The van der Waals surface area contributed by atoms with E-state index in [1.807, 2.05) is 0 Å². The van der Waals surface area contributed by atoms with E-state index in [1.165, 1.54) is 18.3 Å². The fraction of sp³-hybridized carbons (Fsp3) is 0.0769. The number of halogens is 3. The van der Waals surface area contributed by atoms with Crippen LogP contribution in [0.4, 0.5) is 14.5 Å². The number of benzene rings is 1. The lowest BCUT2D eigenvalue weighted by Crippen LogP contribution is -2.14. The van der Waals surface area contributed by atoms with Crippen molar-refractivity contribution in [3.05, 3.63) is 58.4 Å². The van der Waals surface area contributed by atoms with E-state index in [1.54, 1.807) is 13.0 Å². The lowest BCUT2D eigenvalue weighted by atomic mass is 10.2. The molecule has 3 nitrogen and oxygen atoms in total. The minimum atomic E-state index is -1.18. The molecule has 0 spiro atoms. The number of aromatic nitrogens is 1. The number of nitrogens with one attached hydrogen (secondary N) is 1. The molecule has 0 bridgehead atoms. The van der Waals surface area contributed by atoms with Crippen LogP contribution in [0.5, 0.6) is 0 Å². The van der Waals surface area contributed by atoms with Crippen LogP contribution in [0.3, 0.4) is 0 Å². The van der Waals surface area contributed by atoms with Gasteiger partial charge in [0.1, 0.15) is 5.15 Å². The van der Waals surface area contributed by atoms with E-state index in [0.717, 1.165) is 6.07 Å². The second kappa shape index (κ2) is 5.32. The van der Waals surface area contributed by atoms with Gasteiger partial charge >= 0.3 is 0 Å². The lowest BCUT2D eigenvalue weighted by molar-refractivity contribution is 0.102. The van der Waals surface area contributed by atoms with Gasteiger partial charge < -0.3 is 5.32 Å². The molecular formula is C13H9ClF2N2O. The second-order valence-corrected chi connectivity index (χ2v) is 4.25. The quantitative estimate of drug-likeness (QED) is 0.856. The molecule has 0 radical (unpaired) electrons. The zero-order valence-corrected chi connectivity index (χ0v) is 10.6. The molecule has 0 saturated heterocycles. The van der Waals surface area contributed by atoms with Gasteiger partial charge in [0.15, 0.2) is 11.6 Å². The lowest BCUT2D eigenvalue weighted by Gasteiger charge is -2.07. The number of hydrogen-bond donors (Lipinski definition) is 1. The third-order valence-corrected chi connectivity index (χ3v) is 2.86. The Hall–Kier alpha value is -2.01. The Balaban J connectivity index is 2.26. The average molecular weight is 283 g/mol. The van der Waals surface area contributed by atoms with Crippen molar-refractivity contribution < 1.29 is 13.6 Å². The van der Waals surface area contributed by atoms with Crippen LogP contribution in [0, 0.1) is 18.6 Å². The first-order chi connectivity index (χ1) is 8.99. The third kappa shape index (κ3) is 2.88. The Morgan fingerprint density at radius 2 is 2.11 bits per heavy atom. The van der Waals surface area contributed by atoms with E-state index in [9.17, 15) is 13.6 Å². The van der Waals surface area contributed by atoms with Crippen molar-refractivity contribution in [3.8, 4) is 0 Å². The Morgan fingerprint density at radius 1 is 1.37 bits per heavy atom. The number of amides is 1. The summed E-state index contributed by atoms with van der Waals surface area (Å²) in [6.07, 6.45) is 1.34. The van der Waals surface area contributed by atoms with Crippen molar-refractivity contribution in [1.29, 1.82) is 0 Å². The van der Waals surface area contributed by atoms with E-state index >= 15 is 0 Å². The predicted octanol–water partition coefficient (Wildman–Crippen LogP) is 3.57. The van der Waals surface area contributed by atoms with Gasteiger partial charge in [-0.1, -0.05) is 17.7 Å². The number of carbonyl (C=O) groups is 1. The topological polar surface area (TPSA) is 42.0 Å². The van der Waals surface area contributed by atoms with Gasteiger partial charge in [0.2, 0.25) is 0 Å². The normalized spacial score (nSPS) is 10.3. The highest BCUT2D eigenvalue weighted by atomic mass is 35.5. The molecule has 1 amide bonds. The molecule has 1 aromatic heterocycles. The van der Waals surface area contributed by atoms with E-state index in [-0.39, 0.29) is 5.56 Å². The number of hydrogen-bond acceptors (Lipinski definition) is 2. The zero-order chi connectivity index (χ0) is 14.0. The van der Waals surface area contributed by atoms with Gasteiger partial charge in [0, 0.05) is 0 Å². The van der Waals surface area contributed by atoms with Gasteiger partial charge in [-0.2, -0.15) is 0 Å². The summed E-state index contributed by atoms with van der Waals surface area (Å²) in [5.74, 6) is -3.00. The predicted molar refractivity (Wildman–Crippen MR) is 68.3 cm³/mol. The van der Waals surface area contributed by atoms with Gasteiger partial charge in [-0.05, 0) is 30.7 Å². The van der Waals surface area contributed by atoms with Crippen LogP contribution in [-0.2, 0) is 0 Å². The van der Waals surface area contributed by atoms with Gasteiger partial charge in [-0.3, -0.25) is 4.79 Å². The molecule has 19 heavy (non-hydrogen) atoms. The summed E-state index contributed by atoms with van der Waals surface area (Å²) in [5.41, 5.74) is 0.655. The molecule has 0 atom stereocenters. The van der Waals surface area contributed by atoms with Crippen LogP contribution in [0.15, 0.2) is 30.5 Å². The molecule has 0 unspecified atom stereocenters. The molecular weight excluding hydrogens is 274 g/mol. The summed E-state index contributed by atoms with van der Waals surface area (Å²) >= 11 is 5.75. The van der Waals surface area contributed by atoms with E-state index in [0.29, 0.717) is 16.4 Å². The van der Waals surface area contributed by atoms with E-state index < -0.39 is 17.5 Å². The highest BCUT2D eigenvalue weighted by molar-refractivity contribution is 6.30. The minimum Gasteiger partial charge on any atom is -0.320 e. The van der Waals surface area contributed by atoms with Crippen molar-refractivity contribution in [2.45, 2.75) is 6.92 Å². The van der Waals surface area contributed by atoms with Crippen LogP contribution >= 0.6 is 11.6 Å². The Labute approximate surface area is 113 Å². The highest BCUT2D eigenvalue weighted by Gasteiger charge is 2.15. The summed E-state index contributed by atoms with van der Waals surface area (Å²) in [5, 5.41) is 2.74. The number of rotatable bonds is 2. The average Bonchev–Trinajstić information content (AvgIpc) is 2.37. The maximum atomic E-state index is 13.4. The van der Waals surface area contributed by atoms with Crippen LogP contribution in [0.2, 0.25) is 5.15 Å². The largest absolute Gasteiger partial charge is 0.320 e. The van der Waals surface area contributed by atoms with Gasteiger partial charge in [0.05, 0.1) is 17.4 Å². The second-order valence-electron chi connectivity index (χ2n) is 3.89. The summed E-state index contributed by atoms with van der Waals surface area (Å²) in [4.78, 5) is 15.7. The molecule has 2 rings (SSSR count). The molecule has 0 aliphatic carbocycles. The molecule has 0 fully saturated rings. The molecule has 0 aliphatic rings. The number of nitrogens with zero attached hydrogens (tertiary/aromatic N) is 1. The maximum Gasteiger partial charge on any atom is 0.258 e. The Morgan fingerprint density at radius 3 is 2.79 bits per heavy atom. The molecule has 0 saturated carbocycles. The monoisotopic (exact) mass is 282 g/mol. The van der Waals surface area contributed by atoms with Gasteiger partial charge in [-0.25, -0.2) is 13.8 Å². The zero-order valence-electron chi connectivity index (χ0n) is 9.88. The van der Waals surface area contributed by atoms with Crippen LogP contribution in [-0.4, -0.2) is 10.9 Å². The van der Waals surface area contributed by atoms with Crippen LogP contribution in [0.25, 0.3) is 0 Å². The summed E-state index contributed by atoms with van der Waals surface area (Å²) in [6, 6.07) is 4.99. The third-order valence-electron chi connectivity index (χ3n) is 2.47.